The molecule has 144 valence electrons. The van der Waals surface area contributed by atoms with Crippen LogP contribution in [0.4, 0.5) is 8.78 Å². The summed E-state index contributed by atoms with van der Waals surface area (Å²) in [4.78, 5) is 18.7. The minimum Gasteiger partial charge on any atom is -0.339 e. The average Bonchev–Trinajstić information content (AvgIpc) is 3.00. The van der Waals surface area contributed by atoms with E-state index in [0.29, 0.717) is 13.1 Å². The highest BCUT2D eigenvalue weighted by Crippen LogP contribution is 2.26. The van der Waals surface area contributed by atoms with Crippen LogP contribution in [0.2, 0.25) is 0 Å². The number of rotatable bonds is 6. The fraction of sp³-hybridized carbons (Fsp3) is 0.632. The lowest BCUT2D eigenvalue weighted by atomic mass is 10.1. The third-order valence-electron chi connectivity index (χ3n) is 5.19. The van der Waals surface area contributed by atoms with Crippen molar-refractivity contribution in [2.75, 3.05) is 52.9 Å². The quantitative estimate of drug-likeness (QED) is 0.823. The van der Waals surface area contributed by atoms with Gasteiger partial charge in [-0.15, -0.1) is 0 Å². The molecular weight excluding hydrogens is 338 g/mol. The Labute approximate surface area is 153 Å². The van der Waals surface area contributed by atoms with E-state index in [4.69, 9.17) is 0 Å². The highest BCUT2D eigenvalue weighted by Gasteiger charge is 2.43. The lowest BCUT2D eigenvalue weighted by Gasteiger charge is -2.36. The summed E-state index contributed by atoms with van der Waals surface area (Å²) in [6, 6.07) is 9.65. The summed E-state index contributed by atoms with van der Waals surface area (Å²) in [6.07, 6.45) is -0.379. The first-order valence-electron chi connectivity index (χ1n) is 9.28. The highest BCUT2D eigenvalue weighted by molar-refractivity contribution is 5.82. The van der Waals surface area contributed by atoms with Crippen molar-refractivity contribution in [1.29, 1.82) is 0 Å². The van der Waals surface area contributed by atoms with Gasteiger partial charge in [0.1, 0.15) is 0 Å². The van der Waals surface area contributed by atoms with E-state index >= 15 is 0 Å². The molecule has 1 amide bonds. The van der Waals surface area contributed by atoms with Gasteiger partial charge in [-0.1, -0.05) is 30.3 Å². The van der Waals surface area contributed by atoms with Crippen LogP contribution in [0.3, 0.4) is 0 Å². The molecule has 1 aromatic rings. The number of carbonyl (C=O) groups excluding carboxylic acids is 1. The molecule has 5 nitrogen and oxygen atoms in total. The second-order valence-electron chi connectivity index (χ2n) is 7.38. The number of benzene rings is 1. The largest absolute Gasteiger partial charge is 0.339 e. The van der Waals surface area contributed by atoms with Crippen molar-refractivity contribution < 1.29 is 13.6 Å². The van der Waals surface area contributed by atoms with Crippen LogP contribution in [0.15, 0.2) is 30.3 Å². The van der Waals surface area contributed by atoms with E-state index in [1.54, 1.807) is 4.90 Å². The van der Waals surface area contributed by atoms with E-state index in [2.05, 4.69) is 46.4 Å². The second-order valence-corrected chi connectivity index (χ2v) is 7.38. The van der Waals surface area contributed by atoms with Crippen molar-refractivity contribution in [3.8, 4) is 0 Å². The van der Waals surface area contributed by atoms with Gasteiger partial charge in [-0.05, 0) is 12.6 Å². The Morgan fingerprint density at radius 3 is 2.54 bits per heavy atom. The zero-order chi connectivity index (χ0) is 18.6. The minimum absolute atomic E-state index is 0.178. The smallest absolute Gasteiger partial charge is 0.262 e. The molecule has 2 saturated heterocycles. The number of piperazine rings is 1. The molecule has 3 rings (SSSR count). The van der Waals surface area contributed by atoms with Crippen molar-refractivity contribution >= 4 is 5.91 Å². The summed E-state index contributed by atoms with van der Waals surface area (Å²) in [5.74, 6) is -2.94. The van der Waals surface area contributed by atoms with E-state index in [0.717, 1.165) is 32.7 Å². The molecule has 0 aromatic heterocycles. The van der Waals surface area contributed by atoms with Crippen molar-refractivity contribution in [2.45, 2.75) is 24.9 Å². The van der Waals surface area contributed by atoms with Gasteiger partial charge in [0.25, 0.3) is 5.92 Å². The molecule has 26 heavy (non-hydrogen) atoms. The van der Waals surface area contributed by atoms with Gasteiger partial charge in [0.15, 0.2) is 0 Å². The molecular formula is C19H28F2N4O. The summed E-state index contributed by atoms with van der Waals surface area (Å²) in [6.45, 7) is 5.26. The van der Waals surface area contributed by atoms with Gasteiger partial charge in [-0.3, -0.25) is 15.0 Å². The average molecular weight is 366 g/mol. The second kappa shape index (κ2) is 8.41. The van der Waals surface area contributed by atoms with Gasteiger partial charge in [0.2, 0.25) is 5.91 Å². The first kappa shape index (κ1) is 19.2. The maximum absolute atomic E-state index is 13.3. The molecule has 0 bridgehead atoms. The van der Waals surface area contributed by atoms with Crippen LogP contribution in [-0.4, -0.2) is 85.4 Å². The minimum atomic E-state index is -2.76. The first-order valence-corrected chi connectivity index (χ1v) is 9.28. The summed E-state index contributed by atoms with van der Waals surface area (Å²) in [7, 11) is 2.11. The molecule has 1 unspecified atom stereocenters. The molecule has 0 radical (unpaired) electrons. The highest BCUT2D eigenvalue weighted by atomic mass is 19.3. The number of carbonyl (C=O) groups is 1. The maximum Gasteiger partial charge on any atom is 0.262 e. The van der Waals surface area contributed by atoms with Crippen LogP contribution in [0.5, 0.6) is 0 Å². The summed E-state index contributed by atoms with van der Waals surface area (Å²) in [5.41, 5.74) is 1.30. The van der Waals surface area contributed by atoms with E-state index < -0.39 is 18.5 Å². The predicted molar refractivity (Wildman–Crippen MR) is 97.2 cm³/mol. The molecule has 1 aromatic carbocycles. The zero-order valence-electron chi connectivity index (χ0n) is 15.3. The van der Waals surface area contributed by atoms with Crippen molar-refractivity contribution in [3.05, 3.63) is 35.9 Å². The Morgan fingerprint density at radius 2 is 1.92 bits per heavy atom. The zero-order valence-corrected chi connectivity index (χ0v) is 15.3. The van der Waals surface area contributed by atoms with Gasteiger partial charge >= 0.3 is 0 Å². The molecule has 2 aliphatic rings. The lowest BCUT2D eigenvalue weighted by molar-refractivity contribution is -0.135. The van der Waals surface area contributed by atoms with Gasteiger partial charge in [0, 0.05) is 52.2 Å². The molecule has 2 fully saturated rings. The molecule has 0 aliphatic carbocycles. The summed E-state index contributed by atoms with van der Waals surface area (Å²) in [5, 5.41) is 2.66. The third-order valence-corrected chi connectivity index (χ3v) is 5.19. The van der Waals surface area contributed by atoms with Crippen LogP contribution in [0, 0.1) is 0 Å². The Hall–Kier alpha value is -1.57. The summed E-state index contributed by atoms with van der Waals surface area (Å²) < 4.78 is 26.5. The van der Waals surface area contributed by atoms with Gasteiger partial charge in [-0.2, -0.15) is 0 Å². The topological polar surface area (TPSA) is 38.8 Å². The fourth-order valence-corrected chi connectivity index (χ4v) is 3.59. The molecule has 7 heteroatoms. The predicted octanol–water partition coefficient (Wildman–Crippen LogP) is 1.26. The van der Waals surface area contributed by atoms with Gasteiger partial charge in [0.05, 0.1) is 12.6 Å². The molecule has 0 saturated carbocycles. The fourth-order valence-electron chi connectivity index (χ4n) is 3.59. The van der Waals surface area contributed by atoms with E-state index in [1.165, 1.54) is 5.56 Å². The maximum atomic E-state index is 13.3. The van der Waals surface area contributed by atoms with E-state index in [-0.39, 0.29) is 12.3 Å². The van der Waals surface area contributed by atoms with Crippen LogP contribution in [0.25, 0.3) is 0 Å². The van der Waals surface area contributed by atoms with Crippen LogP contribution < -0.4 is 5.32 Å². The van der Waals surface area contributed by atoms with Crippen molar-refractivity contribution in [2.24, 2.45) is 0 Å². The number of alkyl halides is 2. The first-order chi connectivity index (χ1) is 12.4. The number of likely N-dealkylation sites (N-methyl/N-ethyl adjacent to an activating group) is 1. The van der Waals surface area contributed by atoms with Crippen LogP contribution >= 0.6 is 0 Å². The number of halogens is 2. The standard InChI is InChI=1S/C19H28F2N4O/c1-23(14-16-5-3-2-4-6-16)7-8-24-9-11-25(12-10-24)18(26)17-13-19(20,21)15-22-17/h2-6,17,22H,7-15H2,1H3. The monoisotopic (exact) mass is 366 g/mol. The Bertz CT molecular complexity index is 590. The Morgan fingerprint density at radius 1 is 1.23 bits per heavy atom. The molecule has 1 N–H and O–H groups in total. The van der Waals surface area contributed by atoms with Gasteiger partial charge < -0.3 is 9.80 Å². The molecule has 2 heterocycles. The number of hydrogen-bond donors (Lipinski definition) is 1. The van der Waals surface area contributed by atoms with Crippen molar-refractivity contribution in [1.82, 2.24) is 20.0 Å². The molecule has 1 atom stereocenters. The van der Waals surface area contributed by atoms with Gasteiger partial charge in [-0.25, -0.2) is 8.78 Å². The van der Waals surface area contributed by atoms with E-state index in [9.17, 15) is 13.6 Å². The number of amides is 1. The SMILES string of the molecule is CN(CCN1CCN(C(=O)C2CC(F)(F)CN2)CC1)Cc1ccccc1. The van der Waals surface area contributed by atoms with Crippen molar-refractivity contribution in [3.63, 3.8) is 0 Å². The number of nitrogens with zero attached hydrogens (tertiary/aromatic N) is 3. The summed E-state index contributed by atoms with van der Waals surface area (Å²) >= 11 is 0. The molecule has 0 spiro atoms. The Balaban J connectivity index is 1.36. The van der Waals surface area contributed by atoms with Crippen LogP contribution in [0.1, 0.15) is 12.0 Å². The van der Waals surface area contributed by atoms with Crippen LogP contribution in [-0.2, 0) is 11.3 Å². The number of hydrogen-bond acceptors (Lipinski definition) is 4. The number of nitrogens with one attached hydrogen (secondary N) is 1. The molecule has 2 aliphatic heterocycles. The Kier molecular flexibility index (Phi) is 6.21. The lowest BCUT2D eigenvalue weighted by Crippen LogP contribution is -2.53. The van der Waals surface area contributed by atoms with E-state index in [1.807, 2.05) is 6.07 Å². The normalized spacial score (nSPS) is 23.5. The third kappa shape index (κ3) is 5.22.